The molecule has 0 saturated carbocycles. The van der Waals surface area contributed by atoms with Gasteiger partial charge < -0.3 is 19.3 Å². The number of benzene rings is 1. The van der Waals surface area contributed by atoms with Crippen molar-refractivity contribution in [2.45, 2.75) is 31.0 Å². The molecule has 1 amide bonds. The van der Waals surface area contributed by atoms with Gasteiger partial charge in [0, 0.05) is 38.4 Å². The zero-order valence-corrected chi connectivity index (χ0v) is 21.9. The lowest BCUT2D eigenvalue weighted by molar-refractivity contribution is 0.0387. The van der Waals surface area contributed by atoms with E-state index in [1.807, 2.05) is 6.92 Å². The van der Waals surface area contributed by atoms with E-state index in [0.717, 1.165) is 6.26 Å². The molecule has 0 spiro atoms. The normalized spacial score (nSPS) is 20.1. The van der Waals surface area contributed by atoms with Gasteiger partial charge >= 0.3 is 0 Å². The Kier molecular flexibility index (Phi) is 7.79. The zero-order chi connectivity index (χ0) is 26.1. The molecule has 1 aliphatic heterocycles. The highest BCUT2D eigenvalue weighted by Gasteiger charge is 2.34. The second-order valence-electron chi connectivity index (χ2n) is 8.86. The van der Waals surface area contributed by atoms with Crippen LogP contribution in [0.1, 0.15) is 24.2 Å². The lowest BCUT2D eigenvalue weighted by Gasteiger charge is -2.38. The predicted molar refractivity (Wildman–Crippen MR) is 129 cm³/mol. The van der Waals surface area contributed by atoms with Gasteiger partial charge in [0.1, 0.15) is 11.9 Å². The molecule has 0 saturated heterocycles. The van der Waals surface area contributed by atoms with Crippen molar-refractivity contribution in [3.63, 3.8) is 0 Å². The van der Waals surface area contributed by atoms with Gasteiger partial charge in [0.15, 0.2) is 5.03 Å². The molecule has 2 aromatic rings. The molecule has 35 heavy (non-hydrogen) atoms. The van der Waals surface area contributed by atoms with Crippen LogP contribution < -0.4 is 9.46 Å². The van der Waals surface area contributed by atoms with Crippen molar-refractivity contribution in [3.8, 4) is 5.75 Å². The first kappa shape index (κ1) is 26.9. The quantitative estimate of drug-likeness (QED) is 0.497. The van der Waals surface area contributed by atoms with Crippen LogP contribution in [0.5, 0.6) is 5.75 Å². The second kappa shape index (κ2) is 10.1. The number of amides is 1. The number of likely N-dealkylation sites (N-methyl/N-ethyl adjacent to an activating group) is 1. The fourth-order valence-corrected chi connectivity index (χ4v) is 5.08. The number of hydrogen-bond donors (Lipinski definition) is 2. The third-order valence-corrected chi connectivity index (χ3v) is 8.42. The summed E-state index contributed by atoms with van der Waals surface area (Å²) in [5.41, 5.74) is 0.215. The summed E-state index contributed by atoms with van der Waals surface area (Å²) in [4.78, 5) is 18.8. The monoisotopic (exact) mass is 529 g/mol. The smallest absolute Gasteiger partial charge is 0.280 e. The number of aliphatic hydroxyl groups excluding tert-OH is 1. The number of nitrogens with one attached hydrogen (secondary N) is 1. The Hall–Kier alpha value is -2.68. The van der Waals surface area contributed by atoms with E-state index < -0.39 is 38.1 Å². The van der Waals surface area contributed by atoms with Gasteiger partial charge in [0.05, 0.1) is 37.3 Å². The maximum absolute atomic E-state index is 13.5. The first-order chi connectivity index (χ1) is 16.2. The van der Waals surface area contributed by atoms with Crippen LogP contribution in [0.4, 0.5) is 5.69 Å². The minimum atomic E-state index is -4.00. The number of aliphatic hydroxyl groups is 1. The molecule has 0 bridgehead atoms. The molecule has 0 unspecified atom stereocenters. The minimum absolute atomic E-state index is 0.0447. The summed E-state index contributed by atoms with van der Waals surface area (Å²) in [6.07, 6.45) is 3.19. The van der Waals surface area contributed by atoms with Gasteiger partial charge in [0.25, 0.3) is 15.9 Å². The van der Waals surface area contributed by atoms with E-state index >= 15 is 0 Å². The summed E-state index contributed by atoms with van der Waals surface area (Å²) in [6.45, 7) is 3.49. The average Bonchev–Trinajstić information content (AvgIpc) is 3.22. The number of carbonyl (C=O) groups excluding carboxylic acids is 1. The summed E-state index contributed by atoms with van der Waals surface area (Å²) < 4.78 is 60.6. The minimum Gasteiger partial charge on any atom is -0.488 e. The van der Waals surface area contributed by atoms with E-state index in [4.69, 9.17) is 4.74 Å². The number of imidazole rings is 1. The Labute approximate surface area is 205 Å². The van der Waals surface area contributed by atoms with Gasteiger partial charge in [-0.15, -0.1) is 0 Å². The molecule has 3 rings (SSSR count). The summed E-state index contributed by atoms with van der Waals surface area (Å²) in [7, 11) is -4.39. The van der Waals surface area contributed by atoms with Gasteiger partial charge in [-0.2, -0.15) is 8.42 Å². The Balaban J connectivity index is 2.01. The fourth-order valence-electron chi connectivity index (χ4n) is 3.63. The molecular weight excluding hydrogens is 498 g/mol. The number of aromatic nitrogens is 2. The summed E-state index contributed by atoms with van der Waals surface area (Å²) in [6, 6.07) is 3.76. The fraction of sp³-hybridized carbons (Fsp3) is 0.524. The number of hydrogen-bond acceptors (Lipinski definition) is 8. The Bertz CT molecular complexity index is 1290. The van der Waals surface area contributed by atoms with E-state index in [1.54, 1.807) is 14.0 Å². The molecule has 1 aliphatic rings. The lowest BCUT2D eigenvalue weighted by atomic mass is 9.99. The van der Waals surface area contributed by atoms with Crippen LogP contribution in [-0.4, -0.2) is 91.8 Å². The first-order valence-electron chi connectivity index (χ1n) is 10.9. The van der Waals surface area contributed by atoms with Crippen molar-refractivity contribution in [1.82, 2.24) is 18.8 Å². The molecule has 0 radical (unpaired) electrons. The van der Waals surface area contributed by atoms with Crippen molar-refractivity contribution < 1.29 is 31.5 Å². The Morgan fingerprint density at radius 1 is 1.31 bits per heavy atom. The number of anilines is 1. The molecule has 2 heterocycles. The maximum Gasteiger partial charge on any atom is 0.280 e. The lowest BCUT2D eigenvalue weighted by Crippen LogP contribution is -2.50. The predicted octanol–water partition coefficient (Wildman–Crippen LogP) is 0.332. The van der Waals surface area contributed by atoms with Gasteiger partial charge in [-0.3, -0.25) is 9.52 Å². The number of sulfonamides is 2. The molecule has 14 heteroatoms. The molecule has 0 fully saturated rings. The highest BCUT2D eigenvalue weighted by atomic mass is 32.2. The number of ether oxygens (including phenoxy) is 1. The van der Waals surface area contributed by atoms with E-state index in [2.05, 4.69) is 9.71 Å². The third kappa shape index (κ3) is 6.12. The van der Waals surface area contributed by atoms with Crippen LogP contribution in [0.2, 0.25) is 0 Å². The molecule has 194 valence electrons. The van der Waals surface area contributed by atoms with Crippen molar-refractivity contribution in [2.24, 2.45) is 13.0 Å². The number of rotatable bonds is 8. The molecular formula is C21H31N5O7S2. The van der Waals surface area contributed by atoms with Crippen LogP contribution >= 0.6 is 0 Å². The molecule has 2 N–H and O–H groups in total. The molecule has 12 nitrogen and oxygen atoms in total. The Morgan fingerprint density at radius 3 is 2.57 bits per heavy atom. The van der Waals surface area contributed by atoms with Gasteiger partial charge in [-0.1, -0.05) is 6.92 Å². The third-order valence-electron chi connectivity index (χ3n) is 5.88. The molecule has 3 atom stereocenters. The van der Waals surface area contributed by atoms with Gasteiger partial charge in [0.2, 0.25) is 10.0 Å². The summed E-state index contributed by atoms with van der Waals surface area (Å²) >= 11 is 0. The van der Waals surface area contributed by atoms with Crippen LogP contribution in [0.15, 0.2) is 35.7 Å². The first-order valence-corrected chi connectivity index (χ1v) is 14.2. The van der Waals surface area contributed by atoms with E-state index in [1.165, 1.54) is 51.5 Å². The number of fused-ring (bicyclic) bond motifs is 1. The van der Waals surface area contributed by atoms with Gasteiger partial charge in [-0.25, -0.2) is 17.7 Å². The van der Waals surface area contributed by atoms with Crippen LogP contribution in [0, 0.1) is 5.92 Å². The zero-order valence-electron chi connectivity index (χ0n) is 20.2. The van der Waals surface area contributed by atoms with Crippen LogP contribution in [0.3, 0.4) is 0 Å². The largest absolute Gasteiger partial charge is 0.488 e. The molecule has 0 aliphatic carbocycles. The van der Waals surface area contributed by atoms with Gasteiger partial charge in [-0.05, 0) is 25.1 Å². The van der Waals surface area contributed by atoms with Crippen LogP contribution in [0.25, 0.3) is 0 Å². The second-order valence-corrected chi connectivity index (χ2v) is 12.6. The number of nitrogens with zero attached hydrogens (tertiary/aromatic N) is 4. The van der Waals surface area contributed by atoms with E-state index in [-0.39, 0.29) is 47.6 Å². The summed E-state index contributed by atoms with van der Waals surface area (Å²) in [5, 5.41) is 9.56. The average molecular weight is 530 g/mol. The maximum atomic E-state index is 13.5. The molecule has 1 aromatic carbocycles. The van der Waals surface area contributed by atoms with Crippen molar-refractivity contribution >= 4 is 31.6 Å². The standard InChI is InChI=1S/C21H31N5O7S2/c1-14-9-26(15(2)12-27)21(28)17-8-16(23-35(31,32)20-11-24(3)13-22-20)6-7-18(17)33-19(14)10-25(4)34(5,29)30/h6-8,11,13-15,19,23,27H,9-10,12H2,1-5H3/t14-,15-,19+/m0/s1. The van der Waals surface area contributed by atoms with Crippen molar-refractivity contribution in [3.05, 3.63) is 36.3 Å². The molecule has 1 aromatic heterocycles. The summed E-state index contributed by atoms with van der Waals surface area (Å²) in [5.74, 6) is -0.529. The van der Waals surface area contributed by atoms with Crippen molar-refractivity contribution in [2.75, 3.05) is 37.7 Å². The highest BCUT2D eigenvalue weighted by molar-refractivity contribution is 7.92. The SMILES string of the molecule is C[C@H]1CN([C@@H](C)CO)C(=O)c2cc(NS(=O)(=O)c3cn(C)cn3)ccc2O[C@@H]1CN(C)S(C)(=O)=O. The van der Waals surface area contributed by atoms with Crippen molar-refractivity contribution in [1.29, 1.82) is 0 Å². The topological polar surface area (TPSA) is 151 Å². The van der Waals surface area contributed by atoms with E-state index in [9.17, 15) is 26.7 Å². The van der Waals surface area contributed by atoms with E-state index in [0.29, 0.717) is 0 Å². The highest BCUT2D eigenvalue weighted by Crippen LogP contribution is 2.31. The Morgan fingerprint density at radius 2 is 2.00 bits per heavy atom. The van der Waals surface area contributed by atoms with Crippen LogP contribution in [-0.2, 0) is 27.1 Å². The number of carbonyl (C=O) groups is 1. The number of aryl methyl sites for hydroxylation is 1.